The highest BCUT2D eigenvalue weighted by Crippen LogP contribution is 2.29. The van der Waals surface area contributed by atoms with E-state index < -0.39 is 11.7 Å². The molecule has 4 N–H and O–H groups in total. The lowest BCUT2D eigenvalue weighted by atomic mass is 10.2. The van der Waals surface area contributed by atoms with Gasteiger partial charge in [-0.05, 0) is 35.0 Å². The summed E-state index contributed by atoms with van der Waals surface area (Å²) in [5.74, 6) is -0.438. The molecule has 0 radical (unpaired) electrons. The van der Waals surface area contributed by atoms with E-state index in [2.05, 4.69) is 25.9 Å². The molecule has 1 unspecified atom stereocenters. The lowest BCUT2D eigenvalue weighted by Gasteiger charge is -2.10. The number of benzene rings is 1. The third-order valence-corrected chi connectivity index (χ3v) is 3.44. The van der Waals surface area contributed by atoms with E-state index in [9.17, 15) is 14.0 Å². The number of carbonyl (C=O) groups is 2. The zero-order valence-electron chi connectivity index (χ0n) is 14.6. The maximum absolute atomic E-state index is 12.9. The van der Waals surface area contributed by atoms with Crippen molar-refractivity contribution in [3.05, 3.63) is 46.4 Å². The zero-order chi connectivity index (χ0) is 20.2. The highest BCUT2D eigenvalue weighted by Gasteiger charge is 2.10. The third-order valence-electron chi connectivity index (χ3n) is 2.76. The lowest BCUT2D eigenvalue weighted by Crippen LogP contribution is -2.36. The van der Waals surface area contributed by atoms with Crippen LogP contribution in [0.25, 0.3) is 0 Å². The van der Waals surface area contributed by atoms with Gasteiger partial charge in [-0.15, -0.1) is 0 Å². The Bertz CT molecular complexity index is 763. The van der Waals surface area contributed by atoms with Crippen LogP contribution in [-0.4, -0.2) is 42.0 Å². The number of aromatic nitrogens is 2. The number of methoxy groups -OCH3 is 1. The van der Waals surface area contributed by atoms with Gasteiger partial charge in [-0.1, -0.05) is 12.1 Å². The van der Waals surface area contributed by atoms with Gasteiger partial charge in [0.2, 0.25) is 18.2 Å². The van der Waals surface area contributed by atoms with Crippen LogP contribution in [0.3, 0.4) is 0 Å². The van der Waals surface area contributed by atoms with Gasteiger partial charge in [0.25, 0.3) is 5.91 Å². The molecule has 2 amide bonds. The van der Waals surface area contributed by atoms with Crippen molar-refractivity contribution in [3.63, 3.8) is 0 Å². The normalized spacial score (nSPS) is 10.7. The van der Waals surface area contributed by atoms with Gasteiger partial charge in [-0.2, -0.15) is 0 Å². The quantitative estimate of drug-likeness (QED) is 0.432. The minimum atomic E-state index is -0.690. The largest absolute Gasteiger partial charge is 0.480 e. The van der Waals surface area contributed by atoms with Gasteiger partial charge >= 0.3 is 0 Å². The summed E-state index contributed by atoms with van der Waals surface area (Å²) in [5, 5.41) is 0. The summed E-state index contributed by atoms with van der Waals surface area (Å²) < 4.78 is 23.8. The molecule has 27 heavy (non-hydrogen) atoms. The van der Waals surface area contributed by atoms with Crippen LogP contribution in [0.5, 0.6) is 11.8 Å². The van der Waals surface area contributed by atoms with Crippen molar-refractivity contribution in [2.24, 2.45) is 5.73 Å². The molecule has 1 aromatic carbocycles. The summed E-state index contributed by atoms with van der Waals surface area (Å²) in [7, 11) is 1.53. The number of halogens is 2. The van der Waals surface area contributed by atoms with Crippen molar-refractivity contribution in [2.45, 2.75) is 13.0 Å². The molecule has 2 rings (SSSR count). The minimum absolute atomic E-state index is 0.0390. The van der Waals surface area contributed by atoms with Crippen molar-refractivity contribution in [1.82, 2.24) is 20.8 Å². The number of carbonyl (C=O) groups excluding carboxylic acids is 2. The number of rotatable bonds is 7. The molecule has 0 saturated carbocycles. The maximum atomic E-state index is 12.9. The Morgan fingerprint density at radius 1 is 1.37 bits per heavy atom. The number of hydrogen-bond acceptors (Lipinski definition) is 7. The summed E-state index contributed by atoms with van der Waals surface area (Å²) in [5.41, 5.74) is 9.35. The second-order valence-electron chi connectivity index (χ2n) is 4.99. The van der Waals surface area contributed by atoms with Crippen LogP contribution in [0.4, 0.5) is 4.39 Å². The van der Waals surface area contributed by atoms with Crippen LogP contribution < -0.4 is 26.1 Å². The van der Waals surface area contributed by atoms with Crippen LogP contribution >= 0.6 is 15.9 Å². The SMILES string of the molecule is COc1ncnc(OCC(C)N)c1Br.O=CNNC(=O)c1ccccc1F. The van der Waals surface area contributed by atoms with E-state index in [1.165, 1.54) is 31.6 Å². The predicted molar refractivity (Wildman–Crippen MR) is 98.5 cm³/mol. The Hall–Kier alpha value is -2.79. The highest BCUT2D eigenvalue weighted by atomic mass is 79.9. The number of nitrogens with one attached hydrogen (secondary N) is 2. The molecule has 2 aromatic rings. The first-order valence-electron chi connectivity index (χ1n) is 7.57. The first kappa shape index (κ1) is 22.3. The average Bonchev–Trinajstić information content (AvgIpc) is 2.66. The predicted octanol–water partition coefficient (Wildman–Crippen LogP) is 1.19. The molecule has 0 aliphatic carbocycles. The molecule has 9 nitrogen and oxygen atoms in total. The Morgan fingerprint density at radius 2 is 2.04 bits per heavy atom. The molecular formula is C16H19BrFN5O4. The summed E-state index contributed by atoms with van der Waals surface area (Å²) >= 11 is 3.28. The Morgan fingerprint density at radius 3 is 2.63 bits per heavy atom. The number of amides is 2. The van der Waals surface area contributed by atoms with Gasteiger partial charge in [-0.3, -0.25) is 20.4 Å². The van der Waals surface area contributed by atoms with E-state index in [0.717, 1.165) is 6.07 Å². The standard InChI is InChI=1S/C8H12BrN3O2.C8H7FN2O2/c1-5(10)3-14-8-6(9)7(13-2)11-4-12-8;9-7-4-2-1-3-6(7)8(13)11-10-5-12/h4-5H,3,10H2,1-2H3;1-5H,(H,10,12)(H,11,13). The fraction of sp³-hybridized carbons (Fsp3) is 0.250. The zero-order valence-corrected chi connectivity index (χ0v) is 16.2. The second kappa shape index (κ2) is 11.8. The fourth-order valence-corrected chi connectivity index (χ4v) is 2.08. The van der Waals surface area contributed by atoms with E-state index in [0.29, 0.717) is 29.2 Å². The molecular weight excluding hydrogens is 425 g/mol. The number of hydrogen-bond donors (Lipinski definition) is 3. The molecule has 0 spiro atoms. The van der Waals surface area contributed by atoms with Crippen LogP contribution in [-0.2, 0) is 4.79 Å². The van der Waals surface area contributed by atoms with Crippen molar-refractivity contribution < 1.29 is 23.5 Å². The number of ether oxygens (including phenoxy) is 2. The summed E-state index contributed by atoms with van der Waals surface area (Å²) in [6, 6.07) is 5.44. The Balaban J connectivity index is 0.000000271. The molecule has 0 saturated heterocycles. The molecule has 11 heteroatoms. The van der Waals surface area contributed by atoms with Gasteiger partial charge in [0.1, 0.15) is 23.2 Å². The van der Waals surface area contributed by atoms with Gasteiger partial charge in [0.05, 0.1) is 12.7 Å². The average molecular weight is 444 g/mol. The van der Waals surface area contributed by atoms with Gasteiger partial charge < -0.3 is 15.2 Å². The molecule has 146 valence electrons. The summed E-state index contributed by atoms with van der Waals surface area (Å²) in [4.78, 5) is 28.7. The number of hydrazine groups is 1. The van der Waals surface area contributed by atoms with E-state index >= 15 is 0 Å². The third kappa shape index (κ3) is 7.54. The maximum Gasteiger partial charge on any atom is 0.272 e. The van der Waals surface area contributed by atoms with Crippen LogP contribution in [0.15, 0.2) is 35.1 Å². The van der Waals surface area contributed by atoms with Gasteiger partial charge in [0, 0.05) is 6.04 Å². The Labute approximate surface area is 163 Å². The molecule has 0 aliphatic heterocycles. The van der Waals surface area contributed by atoms with Gasteiger partial charge in [0.15, 0.2) is 0 Å². The van der Waals surface area contributed by atoms with Crippen molar-refractivity contribution in [3.8, 4) is 11.8 Å². The molecule has 0 bridgehead atoms. The molecule has 1 atom stereocenters. The summed E-state index contributed by atoms with van der Waals surface area (Å²) in [6.45, 7) is 2.26. The monoisotopic (exact) mass is 443 g/mol. The topological polar surface area (TPSA) is 128 Å². The molecule has 1 aromatic heterocycles. The smallest absolute Gasteiger partial charge is 0.272 e. The van der Waals surface area contributed by atoms with Crippen LogP contribution in [0.1, 0.15) is 17.3 Å². The molecule has 0 fully saturated rings. The highest BCUT2D eigenvalue weighted by molar-refractivity contribution is 9.10. The van der Waals surface area contributed by atoms with E-state index in [-0.39, 0.29) is 11.6 Å². The first-order chi connectivity index (χ1) is 12.9. The van der Waals surface area contributed by atoms with Crippen molar-refractivity contribution in [2.75, 3.05) is 13.7 Å². The van der Waals surface area contributed by atoms with Crippen molar-refractivity contribution >= 4 is 28.2 Å². The number of nitrogens with zero attached hydrogens (tertiary/aromatic N) is 2. The fourth-order valence-electron chi connectivity index (χ4n) is 1.60. The first-order valence-corrected chi connectivity index (χ1v) is 8.36. The lowest BCUT2D eigenvalue weighted by molar-refractivity contribution is -0.110. The van der Waals surface area contributed by atoms with Crippen LogP contribution in [0, 0.1) is 5.82 Å². The van der Waals surface area contributed by atoms with Gasteiger partial charge in [-0.25, -0.2) is 14.4 Å². The minimum Gasteiger partial charge on any atom is -0.480 e. The Kier molecular flexibility index (Phi) is 9.69. The van der Waals surface area contributed by atoms with E-state index in [1.807, 2.05) is 17.8 Å². The van der Waals surface area contributed by atoms with Crippen molar-refractivity contribution in [1.29, 1.82) is 0 Å². The van der Waals surface area contributed by atoms with Crippen LogP contribution in [0.2, 0.25) is 0 Å². The van der Waals surface area contributed by atoms with E-state index in [1.54, 1.807) is 0 Å². The summed E-state index contributed by atoms with van der Waals surface area (Å²) in [6.07, 6.45) is 1.67. The van der Waals surface area contributed by atoms with E-state index in [4.69, 9.17) is 15.2 Å². The molecule has 0 aliphatic rings. The number of nitrogens with two attached hydrogens (primary N) is 1. The molecule has 1 heterocycles. The second-order valence-corrected chi connectivity index (χ2v) is 5.78.